The van der Waals surface area contributed by atoms with Crippen LogP contribution in [0.15, 0.2) is 18.2 Å². The highest BCUT2D eigenvalue weighted by Gasteiger charge is 2.62. The first kappa shape index (κ1) is 41.6. The van der Waals surface area contributed by atoms with Crippen molar-refractivity contribution in [3.63, 3.8) is 0 Å². The average Bonchev–Trinajstić information content (AvgIpc) is 3.77. The van der Waals surface area contributed by atoms with Crippen molar-refractivity contribution in [1.29, 1.82) is 0 Å². The Balaban J connectivity index is 1.12. The second-order valence-corrected chi connectivity index (χ2v) is 20.8. The number of aromatic carboxylic acids is 1. The second kappa shape index (κ2) is 16.0. The lowest BCUT2D eigenvalue weighted by Gasteiger charge is -2.58. The molecule has 3 aliphatic carbocycles. The first-order valence-corrected chi connectivity index (χ1v) is 23.2. The number of benzene rings is 2. The summed E-state index contributed by atoms with van der Waals surface area (Å²) >= 11 is 0. The van der Waals surface area contributed by atoms with E-state index in [1.807, 2.05) is 0 Å². The number of fused-ring (bicyclic) bond motifs is 1. The minimum Gasteiger partial charge on any atom is -0.506 e. The van der Waals surface area contributed by atoms with Crippen LogP contribution in [-0.2, 0) is 14.2 Å². The van der Waals surface area contributed by atoms with Crippen molar-refractivity contribution in [2.75, 3.05) is 38.1 Å². The molecule has 6 fully saturated rings. The van der Waals surface area contributed by atoms with Crippen molar-refractivity contribution in [2.45, 2.75) is 121 Å². The molecule has 57 heavy (non-hydrogen) atoms. The van der Waals surface area contributed by atoms with Crippen LogP contribution in [0.1, 0.15) is 110 Å². The molecule has 6 aliphatic rings. The van der Waals surface area contributed by atoms with E-state index in [4.69, 9.17) is 18.9 Å². The molecule has 3 heterocycles. The molecule has 3 aliphatic heterocycles. The molecule has 0 amide bonds. The van der Waals surface area contributed by atoms with Crippen LogP contribution in [0, 0.1) is 40.9 Å². The summed E-state index contributed by atoms with van der Waals surface area (Å²) < 4.78 is 25.6. The van der Waals surface area contributed by atoms with Crippen molar-refractivity contribution in [3.05, 3.63) is 34.9 Å². The highest BCUT2D eigenvalue weighted by molar-refractivity contribution is 8.76. The number of aliphatic hydroxyl groups excluding tert-OH is 4. The zero-order chi connectivity index (χ0) is 40.3. The molecule has 0 radical (unpaired) electrons. The van der Waals surface area contributed by atoms with Crippen LogP contribution in [0.5, 0.6) is 11.5 Å². The second-order valence-electron chi connectivity index (χ2n) is 18.4. The van der Waals surface area contributed by atoms with Gasteiger partial charge >= 0.3 is 5.97 Å². The van der Waals surface area contributed by atoms with Crippen LogP contribution < -0.4 is 4.74 Å². The van der Waals surface area contributed by atoms with Crippen LogP contribution in [0.3, 0.4) is 0 Å². The third-order valence-corrected chi connectivity index (χ3v) is 17.3. The maximum absolute atomic E-state index is 12.5. The van der Waals surface area contributed by atoms with Gasteiger partial charge < -0.3 is 49.6 Å². The summed E-state index contributed by atoms with van der Waals surface area (Å²) in [5.74, 6) is -0.461. The molecule has 14 heteroatoms. The molecule has 2 aromatic carbocycles. The van der Waals surface area contributed by atoms with Crippen molar-refractivity contribution < 1.29 is 59.2 Å². The van der Waals surface area contributed by atoms with E-state index in [2.05, 4.69) is 0 Å². The van der Waals surface area contributed by atoms with E-state index < -0.39 is 54.3 Å². The van der Waals surface area contributed by atoms with Gasteiger partial charge in [-0.15, -0.1) is 0 Å². The number of carbonyl (C=O) groups is 2. The van der Waals surface area contributed by atoms with Gasteiger partial charge in [-0.05, 0) is 130 Å². The van der Waals surface area contributed by atoms with E-state index in [9.17, 15) is 40.2 Å². The molecule has 3 saturated carbocycles. The van der Waals surface area contributed by atoms with Crippen molar-refractivity contribution in [3.8, 4) is 11.5 Å². The van der Waals surface area contributed by atoms with Gasteiger partial charge in [0.2, 0.25) is 6.29 Å². The lowest BCUT2D eigenvalue weighted by molar-refractivity contribution is -0.323. The summed E-state index contributed by atoms with van der Waals surface area (Å²) in [6, 6.07) is 4.13. The van der Waals surface area contributed by atoms with Crippen molar-refractivity contribution >= 4 is 44.1 Å². The first-order chi connectivity index (χ1) is 27.3. The number of hydrogen-bond acceptors (Lipinski definition) is 13. The first-order valence-electron chi connectivity index (χ1n) is 20.7. The number of ether oxygens (including phenoxy) is 4. The number of carboxylic acids is 1. The zero-order valence-electron chi connectivity index (χ0n) is 33.0. The highest BCUT2D eigenvalue weighted by Crippen LogP contribution is 2.67. The van der Waals surface area contributed by atoms with Gasteiger partial charge in [-0.3, -0.25) is 4.79 Å². The quantitative estimate of drug-likeness (QED) is 0.136. The SMILES string of the molecule is CC(=O)c1c(C)cc2cc(C(=O)O)cc(O[C@@H]3O[C@H](CO)[C@]4(CC[C@@H]5C[C@]6(CCC7(CCCC7)C6)C[C@H]6COC[C@@](CCO)(CSSCO4)[C@@H]56)[C@H](O)[C@H]3O)c2c1O. The summed E-state index contributed by atoms with van der Waals surface area (Å²) in [5, 5.41) is 67.2. The predicted octanol–water partition coefficient (Wildman–Crippen LogP) is 6.23. The molecule has 314 valence electrons. The zero-order valence-corrected chi connectivity index (χ0v) is 34.6. The maximum Gasteiger partial charge on any atom is 0.335 e. The van der Waals surface area contributed by atoms with Crippen LogP contribution in [0.4, 0.5) is 0 Å². The van der Waals surface area contributed by atoms with Crippen molar-refractivity contribution in [2.24, 2.45) is 34.0 Å². The molecule has 8 rings (SSSR count). The molecule has 3 spiro atoms. The number of ketones is 1. The Hall–Kier alpha value is -2.14. The van der Waals surface area contributed by atoms with Gasteiger partial charge in [0.05, 0.1) is 29.7 Å². The number of phenols is 1. The topological polar surface area (TPSA) is 192 Å². The summed E-state index contributed by atoms with van der Waals surface area (Å²) in [6.07, 6.45) is 6.64. The Morgan fingerprint density at radius 3 is 2.46 bits per heavy atom. The Morgan fingerprint density at radius 1 is 0.982 bits per heavy atom. The smallest absolute Gasteiger partial charge is 0.335 e. The molecule has 3 saturated heterocycles. The summed E-state index contributed by atoms with van der Waals surface area (Å²) in [7, 11) is 3.15. The number of carbonyl (C=O) groups excluding carboxylic acids is 1. The molecule has 10 atom stereocenters. The van der Waals surface area contributed by atoms with Gasteiger partial charge in [0.1, 0.15) is 41.4 Å². The number of carboxylic acid groups (broad SMARTS) is 1. The Kier molecular flexibility index (Phi) is 11.7. The predicted molar refractivity (Wildman–Crippen MR) is 216 cm³/mol. The van der Waals surface area contributed by atoms with Gasteiger partial charge in [-0.25, -0.2) is 4.79 Å². The van der Waals surface area contributed by atoms with Crippen LogP contribution in [0.2, 0.25) is 0 Å². The maximum atomic E-state index is 12.5. The van der Waals surface area contributed by atoms with E-state index in [0.717, 1.165) is 18.6 Å². The molecule has 2 aromatic rings. The molecule has 0 unspecified atom stereocenters. The molecule has 0 aromatic heterocycles. The van der Waals surface area contributed by atoms with E-state index in [1.54, 1.807) is 23.8 Å². The number of aryl methyl sites for hydroxylation is 1. The van der Waals surface area contributed by atoms with E-state index in [-0.39, 0.29) is 57.5 Å². The fourth-order valence-corrected chi connectivity index (χ4v) is 15.2. The third kappa shape index (κ3) is 7.30. The number of rotatable bonds is 7. The van der Waals surface area contributed by atoms with Crippen LogP contribution >= 0.6 is 21.6 Å². The van der Waals surface area contributed by atoms with E-state index in [0.29, 0.717) is 54.8 Å². The standard InChI is InChI=1S/C43H58O12S2/c1-24-13-27-14-28(38(50)51)15-30(33(27)35(47)32(24)25(2)46)54-39-36(48)37(49)43(31(18-45)55-39)8-5-26-16-41(10-9-40(20-41)6-3-4-7-40)17-29-19-52-21-42(11-12-44,34(26)29)22-56-57-23-53-43/h13-15,26,29,31,34,36-37,39,44-45,47-49H,3-12,16-23H2,1-2H3,(H,50,51)/t26-,29+,31-,34+,36-,37-,39-,41-,42+,43-/m1/s1. The Labute approximate surface area is 341 Å². The number of aliphatic hydroxyl groups is 4. The van der Waals surface area contributed by atoms with Gasteiger partial charge in [0.15, 0.2) is 5.78 Å². The molecule has 0 bridgehead atoms. The van der Waals surface area contributed by atoms with E-state index >= 15 is 0 Å². The summed E-state index contributed by atoms with van der Waals surface area (Å²) in [6.45, 7) is 3.75. The Morgan fingerprint density at radius 2 is 1.74 bits per heavy atom. The minimum atomic E-state index is -1.71. The Bertz CT molecular complexity index is 1840. The van der Waals surface area contributed by atoms with Crippen molar-refractivity contribution in [1.82, 2.24) is 0 Å². The number of hydrogen-bond donors (Lipinski definition) is 6. The fraction of sp³-hybridized carbons (Fsp3) is 0.721. The van der Waals surface area contributed by atoms with Gasteiger partial charge in [-0.1, -0.05) is 40.5 Å². The van der Waals surface area contributed by atoms with Gasteiger partial charge in [-0.2, -0.15) is 0 Å². The largest absolute Gasteiger partial charge is 0.506 e. The lowest BCUT2D eigenvalue weighted by atomic mass is 9.51. The monoisotopic (exact) mass is 830 g/mol. The fourth-order valence-electron chi connectivity index (χ4n) is 12.8. The molecule has 6 N–H and O–H groups in total. The highest BCUT2D eigenvalue weighted by atomic mass is 33.1. The van der Waals surface area contributed by atoms with Gasteiger partial charge in [0.25, 0.3) is 0 Å². The molecular weight excluding hydrogens is 773 g/mol. The van der Waals surface area contributed by atoms with Crippen LogP contribution in [0.25, 0.3) is 10.8 Å². The normalized spacial score (nSPS) is 38.0. The molecule has 12 nitrogen and oxygen atoms in total. The van der Waals surface area contributed by atoms with E-state index in [1.165, 1.54) is 74.8 Å². The molecular formula is C43H58O12S2. The average molecular weight is 831 g/mol. The number of aromatic hydroxyl groups is 1. The minimum absolute atomic E-state index is 0.0456. The third-order valence-electron chi connectivity index (χ3n) is 15.1. The summed E-state index contributed by atoms with van der Waals surface area (Å²) in [4.78, 5) is 24.7. The lowest BCUT2D eigenvalue weighted by Crippen LogP contribution is -2.69. The summed E-state index contributed by atoms with van der Waals surface area (Å²) in [5.41, 5.74) is -0.781. The number of phenolic OH excluding ortho intramolecular Hbond substituents is 1. The number of Topliss-reactive ketones (excluding diaryl/α,β-unsaturated/α-hetero) is 1. The van der Waals surface area contributed by atoms with Gasteiger partial charge in [0, 0.05) is 24.4 Å². The van der Waals surface area contributed by atoms with Crippen LogP contribution in [-0.4, -0.2) is 111 Å².